The lowest BCUT2D eigenvalue weighted by Gasteiger charge is -2.33. The first kappa shape index (κ1) is 21.7. The quantitative estimate of drug-likeness (QED) is 0.606. The molecule has 0 aromatic heterocycles. The number of rotatable bonds is 7. The topological polar surface area (TPSA) is 105 Å². The third-order valence-corrected chi connectivity index (χ3v) is 4.68. The van der Waals surface area contributed by atoms with E-state index in [9.17, 15) is 14.4 Å². The molecule has 2 aliphatic heterocycles. The molecule has 144 valence electrons. The number of halogens is 1. The second-order valence-corrected chi connectivity index (χ2v) is 6.44. The fourth-order valence-electron chi connectivity index (χ4n) is 3.34. The Balaban J connectivity index is 0.00000312. The van der Waals surface area contributed by atoms with Crippen molar-refractivity contribution in [2.24, 2.45) is 17.6 Å². The molecule has 2 fully saturated rings. The maximum Gasteiger partial charge on any atom is 0.228 e. The van der Waals surface area contributed by atoms with E-state index in [1.54, 1.807) is 16.9 Å². The van der Waals surface area contributed by atoms with Crippen molar-refractivity contribution < 1.29 is 19.1 Å². The Bertz CT molecular complexity index is 477. The first-order valence-electron chi connectivity index (χ1n) is 8.60. The number of nitrogens with one attached hydrogen (secondary N) is 1. The average Bonchev–Trinajstić information content (AvgIpc) is 2.98. The maximum absolute atomic E-state index is 12.7. The fraction of sp³-hybridized carbons (Fsp3) is 0.812. The molecular formula is C16H29ClN4O4. The average molecular weight is 377 g/mol. The van der Waals surface area contributed by atoms with Gasteiger partial charge in [-0.3, -0.25) is 14.4 Å². The predicted octanol–water partition coefficient (Wildman–Crippen LogP) is -0.783. The van der Waals surface area contributed by atoms with Crippen molar-refractivity contribution in [2.75, 3.05) is 53.0 Å². The SMILES string of the molecule is COCCN1CC(C(=O)N2CCCC(C(=O)NCCN)C2)CC1=O.Cl. The number of nitrogens with two attached hydrogens (primary N) is 1. The highest BCUT2D eigenvalue weighted by molar-refractivity contribution is 5.89. The first-order valence-corrected chi connectivity index (χ1v) is 8.60. The molecule has 9 heteroatoms. The lowest BCUT2D eigenvalue weighted by Crippen LogP contribution is -2.48. The molecule has 0 radical (unpaired) electrons. The Hall–Kier alpha value is -1.38. The molecule has 2 heterocycles. The number of methoxy groups -OCH3 is 1. The highest BCUT2D eigenvalue weighted by Gasteiger charge is 2.38. The van der Waals surface area contributed by atoms with Crippen LogP contribution in [0.2, 0.25) is 0 Å². The van der Waals surface area contributed by atoms with Crippen molar-refractivity contribution >= 4 is 30.1 Å². The van der Waals surface area contributed by atoms with Gasteiger partial charge in [0.25, 0.3) is 0 Å². The molecule has 2 unspecified atom stereocenters. The van der Waals surface area contributed by atoms with Gasteiger partial charge in [0.05, 0.1) is 18.4 Å². The third kappa shape index (κ3) is 5.83. The molecule has 0 spiro atoms. The number of hydrogen-bond acceptors (Lipinski definition) is 5. The van der Waals surface area contributed by atoms with Crippen molar-refractivity contribution in [3.05, 3.63) is 0 Å². The zero-order valence-electron chi connectivity index (χ0n) is 14.7. The van der Waals surface area contributed by atoms with Gasteiger partial charge in [-0.25, -0.2) is 0 Å². The lowest BCUT2D eigenvalue weighted by molar-refractivity contribution is -0.139. The molecule has 0 saturated carbocycles. The summed E-state index contributed by atoms with van der Waals surface area (Å²) in [5.74, 6) is -0.544. The summed E-state index contributed by atoms with van der Waals surface area (Å²) in [7, 11) is 1.59. The van der Waals surface area contributed by atoms with E-state index >= 15 is 0 Å². The summed E-state index contributed by atoms with van der Waals surface area (Å²) < 4.78 is 4.99. The summed E-state index contributed by atoms with van der Waals surface area (Å²) in [6.07, 6.45) is 1.84. The van der Waals surface area contributed by atoms with E-state index in [-0.39, 0.29) is 48.4 Å². The Morgan fingerprint density at radius 3 is 2.76 bits per heavy atom. The van der Waals surface area contributed by atoms with Crippen LogP contribution in [0.1, 0.15) is 19.3 Å². The summed E-state index contributed by atoms with van der Waals surface area (Å²) in [6, 6.07) is 0. The lowest BCUT2D eigenvalue weighted by atomic mass is 9.95. The van der Waals surface area contributed by atoms with Crippen molar-refractivity contribution in [3.63, 3.8) is 0 Å². The van der Waals surface area contributed by atoms with Crippen molar-refractivity contribution in [1.29, 1.82) is 0 Å². The molecule has 0 bridgehead atoms. The molecule has 8 nitrogen and oxygen atoms in total. The normalized spacial score (nSPS) is 23.4. The summed E-state index contributed by atoms with van der Waals surface area (Å²) in [5.41, 5.74) is 5.40. The summed E-state index contributed by atoms with van der Waals surface area (Å²) in [5, 5.41) is 2.79. The molecular weight excluding hydrogens is 348 g/mol. The van der Waals surface area contributed by atoms with E-state index in [0.717, 1.165) is 12.8 Å². The first-order chi connectivity index (χ1) is 11.6. The van der Waals surface area contributed by atoms with Crippen LogP contribution >= 0.6 is 12.4 Å². The van der Waals surface area contributed by atoms with Crippen LogP contribution in [0.3, 0.4) is 0 Å². The van der Waals surface area contributed by atoms with Gasteiger partial charge in [0.1, 0.15) is 0 Å². The van der Waals surface area contributed by atoms with E-state index in [0.29, 0.717) is 45.9 Å². The molecule has 0 aromatic carbocycles. The van der Waals surface area contributed by atoms with Crippen molar-refractivity contribution in [3.8, 4) is 0 Å². The van der Waals surface area contributed by atoms with Gasteiger partial charge in [-0.05, 0) is 12.8 Å². The van der Waals surface area contributed by atoms with Gasteiger partial charge in [0.2, 0.25) is 17.7 Å². The minimum Gasteiger partial charge on any atom is -0.383 e. The van der Waals surface area contributed by atoms with E-state index in [1.165, 1.54) is 0 Å². The van der Waals surface area contributed by atoms with Crippen LogP contribution in [-0.2, 0) is 19.1 Å². The fourth-order valence-corrected chi connectivity index (χ4v) is 3.34. The molecule has 0 aliphatic carbocycles. The standard InChI is InChI=1S/C16H28N4O4.ClH/c1-24-8-7-19-11-13(9-14(19)21)16(23)20-6-2-3-12(10-20)15(22)18-5-4-17;/h12-13H,2-11,17H2,1H3,(H,18,22);1H. The number of hydrogen-bond donors (Lipinski definition) is 2. The van der Waals surface area contributed by atoms with Gasteiger partial charge >= 0.3 is 0 Å². The zero-order valence-corrected chi connectivity index (χ0v) is 15.6. The molecule has 25 heavy (non-hydrogen) atoms. The summed E-state index contributed by atoms with van der Waals surface area (Å²) in [6.45, 7) is 3.38. The van der Waals surface area contributed by atoms with Crippen LogP contribution in [0.5, 0.6) is 0 Å². The zero-order chi connectivity index (χ0) is 17.5. The van der Waals surface area contributed by atoms with E-state index in [1.807, 2.05) is 0 Å². The minimum absolute atomic E-state index is 0. The van der Waals surface area contributed by atoms with Gasteiger partial charge in [0, 0.05) is 52.8 Å². The Labute approximate surface area is 154 Å². The molecule has 2 atom stereocenters. The Morgan fingerprint density at radius 2 is 2.08 bits per heavy atom. The third-order valence-electron chi connectivity index (χ3n) is 4.68. The van der Waals surface area contributed by atoms with Crippen molar-refractivity contribution in [1.82, 2.24) is 15.1 Å². The van der Waals surface area contributed by atoms with Gasteiger partial charge in [0.15, 0.2) is 0 Å². The van der Waals surface area contributed by atoms with Gasteiger partial charge in [-0.15, -0.1) is 12.4 Å². The van der Waals surface area contributed by atoms with Crippen LogP contribution in [-0.4, -0.2) is 80.5 Å². The molecule has 2 saturated heterocycles. The smallest absolute Gasteiger partial charge is 0.228 e. The van der Waals surface area contributed by atoms with E-state index < -0.39 is 0 Å². The van der Waals surface area contributed by atoms with E-state index in [4.69, 9.17) is 10.5 Å². The number of likely N-dealkylation sites (tertiary alicyclic amines) is 2. The number of carbonyl (C=O) groups excluding carboxylic acids is 3. The van der Waals surface area contributed by atoms with Gasteiger partial charge < -0.3 is 25.6 Å². The highest BCUT2D eigenvalue weighted by Crippen LogP contribution is 2.24. The molecule has 3 amide bonds. The summed E-state index contributed by atoms with van der Waals surface area (Å²) in [4.78, 5) is 40.2. The Kier molecular flexibility index (Phi) is 9.16. The van der Waals surface area contributed by atoms with Gasteiger partial charge in [-0.2, -0.15) is 0 Å². The number of carbonyl (C=O) groups is 3. The number of ether oxygens (including phenoxy) is 1. The summed E-state index contributed by atoms with van der Waals surface area (Å²) >= 11 is 0. The van der Waals surface area contributed by atoms with Crippen LogP contribution < -0.4 is 11.1 Å². The van der Waals surface area contributed by atoms with Crippen LogP contribution in [0, 0.1) is 11.8 Å². The second-order valence-electron chi connectivity index (χ2n) is 6.44. The Morgan fingerprint density at radius 1 is 1.32 bits per heavy atom. The predicted molar refractivity (Wildman–Crippen MR) is 95.2 cm³/mol. The maximum atomic E-state index is 12.7. The van der Waals surface area contributed by atoms with Crippen LogP contribution in [0.25, 0.3) is 0 Å². The largest absolute Gasteiger partial charge is 0.383 e. The molecule has 2 rings (SSSR count). The molecule has 0 aromatic rings. The number of piperidine rings is 1. The van der Waals surface area contributed by atoms with Crippen LogP contribution in [0.15, 0.2) is 0 Å². The number of nitrogens with zero attached hydrogens (tertiary/aromatic N) is 2. The van der Waals surface area contributed by atoms with E-state index in [2.05, 4.69) is 5.32 Å². The minimum atomic E-state index is -0.305. The monoisotopic (exact) mass is 376 g/mol. The van der Waals surface area contributed by atoms with Crippen LogP contribution in [0.4, 0.5) is 0 Å². The number of amides is 3. The molecule has 2 aliphatic rings. The highest BCUT2D eigenvalue weighted by atomic mass is 35.5. The van der Waals surface area contributed by atoms with Crippen molar-refractivity contribution in [2.45, 2.75) is 19.3 Å². The van der Waals surface area contributed by atoms with Gasteiger partial charge in [-0.1, -0.05) is 0 Å². The molecule has 3 N–H and O–H groups in total. The second kappa shape index (κ2) is 10.6.